The molecule has 0 fully saturated rings. The normalized spacial score (nSPS) is 18.9. The van der Waals surface area contributed by atoms with Crippen molar-refractivity contribution in [2.45, 2.75) is 38.6 Å². The minimum atomic E-state index is -4.74. The molecule has 0 aliphatic carbocycles. The molecule has 1 heterocycles. The molecule has 1 aliphatic heterocycles. The highest BCUT2D eigenvalue weighted by atomic mass is 35.5. The minimum Gasteiger partial charge on any atom is -0.475 e. The van der Waals surface area contributed by atoms with Gasteiger partial charge in [-0.25, -0.2) is 4.79 Å². The monoisotopic (exact) mass is 334 g/mol. The minimum absolute atomic E-state index is 0.114. The number of benzene rings is 1. The van der Waals surface area contributed by atoms with Crippen molar-refractivity contribution in [3.63, 3.8) is 0 Å². The molecule has 1 unspecified atom stereocenters. The zero-order chi connectivity index (χ0) is 16.7. The van der Waals surface area contributed by atoms with Gasteiger partial charge in [0, 0.05) is 5.56 Å². The molecule has 0 saturated carbocycles. The molecular formula is C15H14ClF3O3. The smallest absolute Gasteiger partial charge is 0.430 e. The van der Waals surface area contributed by atoms with E-state index in [0.717, 1.165) is 11.6 Å². The van der Waals surface area contributed by atoms with E-state index in [1.54, 1.807) is 26.0 Å². The molecule has 0 radical (unpaired) electrons. The third kappa shape index (κ3) is 3.38. The summed E-state index contributed by atoms with van der Waals surface area (Å²) < 4.78 is 49.3. The molecule has 1 aliphatic rings. The quantitative estimate of drug-likeness (QED) is 0.602. The second-order valence-electron chi connectivity index (χ2n) is 5.09. The predicted molar refractivity (Wildman–Crippen MR) is 75.8 cm³/mol. The molecule has 120 valence electrons. The van der Waals surface area contributed by atoms with Crippen LogP contribution in [0.25, 0.3) is 6.08 Å². The average molecular weight is 335 g/mol. The molecule has 0 amide bonds. The fourth-order valence-corrected chi connectivity index (χ4v) is 2.39. The number of halogens is 4. The van der Waals surface area contributed by atoms with E-state index in [1.807, 2.05) is 0 Å². The van der Waals surface area contributed by atoms with E-state index in [4.69, 9.17) is 16.3 Å². The second kappa shape index (κ2) is 5.83. The van der Waals surface area contributed by atoms with Crippen LogP contribution in [0.15, 0.2) is 17.7 Å². The zero-order valence-electron chi connectivity index (χ0n) is 12.1. The maximum Gasteiger partial charge on any atom is 0.430 e. The van der Waals surface area contributed by atoms with Gasteiger partial charge < -0.3 is 9.47 Å². The van der Waals surface area contributed by atoms with Crippen LogP contribution in [0.2, 0.25) is 0 Å². The molecule has 0 saturated heterocycles. The van der Waals surface area contributed by atoms with Crippen molar-refractivity contribution >= 4 is 23.6 Å². The fraction of sp³-hybridized carbons (Fsp3) is 0.400. The lowest BCUT2D eigenvalue weighted by atomic mass is 9.97. The van der Waals surface area contributed by atoms with Crippen molar-refractivity contribution in [3.05, 3.63) is 34.4 Å². The lowest BCUT2D eigenvalue weighted by molar-refractivity contribution is -0.188. The summed E-state index contributed by atoms with van der Waals surface area (Å²) in [5, 5.41) is 0. The highest BCUT2D eigenvalue weighted by Crippen LogP contribution is 2.39. The van der Waals surface area contributed by atoms with Crippen LogP contribution in [0.4, 0.5) is 13.2 Å². The molecule has 1 aromatic carbocycles. The van der Waals surface area contributed by atoms with E-state index in [0.29, 0.717) is 11.1 Å². The molecule has 22 heavy (non-hydrogen) atoms. The van der Waals surface area contributed by atoms with Crippen LogP contribution in [0.5, 0.6) is 5.75 Å². The molecule has 0 N–H and O–H groups in total. The van der Waals surface area contributed by atoms with Gasteiger partial charge in [0.05, 0.1) is 5.57 Å². The van der Waals surface area contributed by atoms with Gasteiger partial charge in [-0.15, -0.1) is 0 Å². The number of ether oxygens (including phenoxy) is 2. The number of fused-ring (bicyclic) bond motifs is 1. The standard InChI is InChI=1S/C15H14ClF3O3/c1-7-4-8(2)12-10(5-7)6-11(14(20)21-9(3)16)13(22-12)15(17,18)19/h4-6,9,13H,1-3H3/t9?,13-/m0/s1. The Labute approximate surface area is 130 Å². The van der Waals surface area contributed by atoms with E-state index in [9.17, 15) is 18.0 Å². The molecule has 2 rings (SSSR count). The zero-order valence-corrected chi connectivity index (χ0v) is 12.9. The van der Waals surface area contributed by atoms with Crippen molar-refractivity contribution in [3.8, 4) is 5.75 Å². The van der Waals surface area contributed by atoms with Crippen LogP contribution < -0.4 is 4.74 Å². The molecule has 0 spiro atoms. The summed E-state index contributed by atoms with van der Waals surface area (Å²) in [7, 11) is 0. The van der Waals surface area contributed by atoms with Crippen LogP contribution in [-0.2, 0) is 9.53 Å². The molecule has 0 aromatic heterocycles. The van der Waals surface area contributed by atoms with Crippen LogP contribution in [0, 0.1) is 13.8 Å². The summed E-state index contributed by atoms with van der Waals surface area (Å²) in [4.78, 5) is 11.9. The Morgan fingerprint density at radius 2 is 2.00 bits per heavy atom. The van der Waals surface area contributed by atoms with Gasteiger partial charge in [0.1, 0.15) is 5.75 Å². The van der Waals surface area contributed by atoms with E-state index < -0.39 is 29.4 Å². The lowest BCUT2D eigenvalue weighted by Gasteiger charge is -2.29. The Morgan fingerprint density at radius 1 is 1.36 bits per heavy atom. The number of aryl methyl sites for hydroxylation is 2. The maximum atomic E-state index is 13.2. The van der Waals surface area contributed by atoms with Crippen LogP contribution in [0.1, 0.15) is 23.6 Å². The summed E-state index contributed by atoms with van der Waals surface area (Å²) in [6.07, 6.45) is -5.96. The second-order valence-corrected chi connectivity index (χ2v) is 5.70. The largest absolute Gasteiger partial charge is 0.475 e. The molecule has 1 aromatic rings. The Kier molecular flexibility index (Phi) is 4.42. The van der Waals surface area contributed by atoms with Crippen molar-refractivity contribution in [1.29, 1.82) is 0 Å². The van der Waals surface area contributed by atoms with Crippen molar-refractivity contribution in [2.75, 3.05) is 0 Å². The fourth-order valence-electron chi connectivity index (χ4n) is 2.30. The maximum absolute atomic E-state index is 13.2. The van der Waals surface area contributed by atoms with Crippen molar-refractivity contribution in [1.82, 2.24) is 0 Å². The van der Waals surface area contributed by atoms with Gasteiger partial charge in [-0.3, -0.25) is 0 Å². The third-order valence-electron chi connectivity index (χ3n) is 3.08. The van der Waals surface area contributed by atoms with Crippen molar-refractivity contribution < 1.29 is 27.4 Å². The Morgan fingerprint density at radius 3 is 2.55 bits per heavy atom. The Hall–Kier alpha value is -1.69. The third-order valence-corrected chi connectivity index (χ3v) is 3.17. The lowest BCUT2D eigenvalue weighted by Crippen LogP contribution is -2.41. The molecule has 7 heteroatoms. The first-order valence-corrected chi connectivity index (χ1v) is 6.94. The summed E-state index contributed by atoms with van der Waals surface area (Å²) in [5.74, 6) is -1.03. The number of carbonyl (C=O) groups is 1. The Bertz CT molecular complexity index is 636. The molecule has 3 nitrogen and oxygen atoms in total. The Balaban J connectivity index is 2.53. The van der Waals surface area contributed by atoms with Crippen LogP contribution in [0.3, 0.4) is 0 Å². The van der Waals surface area contributed by atoms with E-state index in [-0.39, 0.29) is 5.75 Å². The van der Waals surface area contributed by atoms with E-state index >= 15 is 0 Å². The first-order chi connectivity index (χ1) is 10.1. The number of esters is 1. The van der Waals surface area contributed by atoms with Gasteiger partial charge in [-0.1, -0.05) is 23.2 Å². The van der Waals surface area contributed by atoms with Crippen molar-refractivity contribution in [2.24, 2.45) is 0 Å². The van der Waals surface area contributed by atoms with Gasteiger partial charge in [0.25, 0.3) is 0 Å². The average Bonchev–Trinajstić information content (AvgIpc) is 2.35. The van der Waals surface area contributed by atoms with Gasteiger partial charge in [-0.2, -0.15) is 13.2 Å². The molecule has 0 bridgehead atoms. The highest BCUT2D eigenvalue weighted by Gasteiger charge is 2.49. The first-order valence-electron chi connectivity index (χ1n) is 6.51. The first kappa shape index (κ1) is 16.7. The summed E-state index contributed by atoms with van der Waals surface area (Å²) >= 11 is 5.51. The van der Waals surface area contributed by atoms with Gasteiger partial charge in [0.15, 0.2) is 5.56 Å². The number of alkyl halides is 4. The summed E-state index contributed by atoms with van der Waals surface area (Å²) in [5.41, 5.74) is 0.172. The molecule has 2 atom stereocenters. The SMILES string of the molecule is Cc1cc(C)c2c(c1)C=C(C(=O)OC(C)Cl)[C@@H](C(F)(F)F)O2. The predicted octanol–water partition coefficient (Wildman–Crippen LogP) is 4.14. The number of carbonyl (C=O) groups excluding carboxylic acids is 1. The van der Waals surface area contributed by atoms with E-state index in [2.05, 4.69) is 4.74 Å². The van der Waals surface area contributed by atoms with Gasteiger partial charge in [0.2, 0.25) is 6.10 Å². The number of hydrogen-bond acceptors (Lipinski definition) is 3. The molecular weight excluding hydrogens is 321 g/mol. The topological polar surface area (TPSA) is 35.5 Å². The van der Waals surface area contributed by atoms with Gasteiger partial charge >= 0.3 is 12.1 Å². The number of rotatable bonds is 2. The highest BCUT2D eigenvalue weighted by molar-refractivity contribution is 6.20. The number of hydrogen-bond donors (Lipinski definition) is 0. The summed E-state index contributed by atoms with van der Waals surface area (Å²) in [6, 6.07) is 3.36. The van der Waals surface area contributed by atoms with Gasteiger partial charge in [-0.05, 0) is 38.5 Å². The summed E-state index contributed by atoms with van der Waals surface area (Å²) in [6.45, 7) is 4.79. The van der Waals surface area contributed by atoms with E-state index in [1.165, 1.54) is 6.92 Å². The van der Waals surface area contributed by atoms with Crippen LogP contribution in [-0.4, -0.2) is 23.8 Å². The van der Waals surface area contributed by atoms with Crippen LogP contribution >= 0.6 is 11.6 Å².